The topological polar surface area (TPSA) is 80.3 Å². The van der Waals surface area contributed by atoms with Gasteiger partial charge in [-0.25, -0.2) is 22.0 Å². The fraction of sp³-hybridized carbons (Fsp3) is 0.367. The molecule has 2 aliphatic heterocycles. The summed E-state index contributed by atoms with van der Waals surface area (Å²) in [5, 5.41) is 11.6. The van der Waals surface area contributed by atoms with Crippen LogP contribution in [0.25, 0.3) is 0 Å². The maximum atomic E-state index is 14.0. The summed E-state index contributed by atoms with van der Waals surface area (Å²) in [5.41, 5.74) is 1.38. The summed E-state index contributed by atoms with van der Waals surface area (Å²) in [4.78, 5) is 14.6. The highest BCUT2D eigenvalue weighted by molar-refractivity contribution is 5.94. The number of nitrogens with zero attached hydrogens (tertiary/aromatic N) is 1. The predicted molar refractivity (Wildman–Crippen MR) is 140 cm³/mol. The normalized spacial score (nSPS) is 21.3. The van der Waals surface area contributed by atoms with Crippen LogP contribution in [0, 0.1) is 29.1 Å². The van der Waals surface area contributed by atoms with Crippen LogP contribution in [0.5, 0.6) is 0 Å². The minimum absolute atomic E-state index is 0.0639. The molecule has 2 saturated heterocycles. The van der Waals surface area contributed by atoms with Gasteiger partial charge in [0.25, 0.3) is 5.91 Å². The van der Waals surface area contributed by atoms with E-state index in [1.165, 1.54) is 0 Å². The van der Waals surface area contributed by atoms with E-state index in [9.17, 15) is 31.9 Å². The van der Waals surface area contributed by atoms with Crippen molar-refractivity contribution >= 4 is 5.91 Å². The van der Waals surface area contributed by atoms with Gasteiger partial charge in [-0.1, -0.05) is 48.5 Å². The Morgan fingerprint density at radius 2 is 1.38 bits per heavy atom. The molecule has 7 nitrogen and oxygen atoms in total. The van der Waals surface area contributed by atoms with Gasteiger partial charge in [0.15, 0.2) is 29.6 Å². The molecule has 3 aromatic carbocycles. The molecule has 0 spiro atoms. The van der Waals surface area contributed by atoms with E-state index in [1.54, 1.807) is 24.3 Å². The van der Waals surface area contributed by atoms with Gasteiger partial charge >= 0.3 is 0 Å². The van der Waals surface area contributed by atoms with Gasteiger partial charge in [0.1, 0.15) is 5.56 Å². The number of rotatable bonds is 8. The van der Waals surface area contributed by atoms with Crippen LogP contribution in [-0.2, 0) is 27.4 Å². The largest absolute Gasteiger partial charge is 0.392 e. The molecule has 2 fully saturated rings. The molecule has 224 valence electrons. The lowest BCUT2D eigenvalue weighted by Crippen LogP contribution is -2.44. The van der Waals surface area contributed by atoms with E-state index in [4.69, 9.17) is 14.2 Å². The van der Waals surface area contributed by atoms with Crippen molar-refractivity contribution in [3.05, 3.63) is 105 Å². The van der Waals surface area contributed by atoms with Crippen LogP contribution in [0.15, 0.2) is 48.5 Å². The van der Waals surface area contributed by atoms with Crippen LogP contribution < -0.4 is 5.32 Å². The Hall–Kier alpha value is -3.42. The van der Waals surface area contributed by atoms with Crippen LogP contribution in [0.2, 0.25) is 0 Å². The van der Waals surface area contributed by atoms with Crippen molar-refractivity contribution in [2.24, 2.45) is 0 Å². The number of aliphatic hydroxyl groups is 1. The molecule has 2 aliphatic rings. The minimum atomic E-state index is -2.33. The van der Waals surface area contributed by atoms with Crippen molar-refractivity contribution in [1.29, 1.82) is 0 Å². The second kappa shape index (κ2) is 13.3. The quantitative estimate of drug-likeness (QED) is 0.225. The summed E-state index contributed by atoms with van der Waals surface area (Å²) in [6, 6.07) is 14.2. The Balaban J connectivity index is 1.28. The first-order valence-electron chi connectivity index (χ1n) is 13.4. The first-order chi connectivity index (χ1) is 20.2. The van der Waals surface area contributed by atoms with Crippen LogP contribution in [0.3, 0.4) is 0 Å². The number of benzene rings is 3. The van der Waals surface area contributed by atoms with Gasteiger partial charge in [0.05, 0.1) is 32.0 Å². The van der Waals surface area contributed by atoms with Crippen molar-refractivity contribution in [3.63, 3.8) is 0 Å². The molecular formula is C30H29F5N2O5. The summed E-state index contributed by atoms with van der Waals surface area (Å²) >= 11 is 0. The zero-order valence-electron chi connectivity index (χ0n) is 22.4. The number of hydrogen-bond acceptors (Lipinski definition) is 6. The molecule has 0 bridgehead atoms. The van der Waals surface area contributed by atoms with E-state index in [2.05, 4.69) is 10.2 Å². The molecule has 0 aliphatic carbocycles. The molecular weight excluding hydrogens is 563 g/mol. The van der Waals surface area contributed by atoms with Crippen LogP contribution in [-0.4, -0.2) is 54.9 Å². The van der Waals surface area contributed by atoms with E-state index in [-0.39, 0.29) is 25.4 Å². The molecule has 42 heavy (non-hydrogen) atoms. The van der Waals surface area contributed by atoms with Crippen molar-refractivity contribution in [3.8, 4) is 0 Å². The smallest absolute Gasteiger partial charge is 0.257 e. The van der Waals surface area contributed by atoms with E-state index in [1.807, 2.05) is 24.3 Å². The summed E-state index contributed by atoms with van der Waals surface area (Å²) < 4.78 is 86.3. The molecule has 0 saturated carbocycles. The third-order valence-corrected chi connectivity index (χ3v) is 7.32. The maximum Gasteiger partial charge on any atom is 0.257 e. The molecule has 3 atom stereocenters. The van der Waals surface area contributed by atoms with Crippen molar-refractivity contribution in [2.75, 3.05) is 32.8 Å². The highest BCUT2D eigenvalue weighted by Gasteiger charge is 2.34. The van der Waals surface area contributed by atoms with Crippen LogP contribution in [0.1, 0.15) is 51.4 Å². The van der Waals surface area contributed by atoms with Gasteiger partial charge in [-0.05, 0) is 16.7 Å². The average Bonchev–Trinajstić information content (AvgIpc) is 3.02. The van der Waals surface area contributed by atoms with Gasteiger partial charge in [0, 0.05) is 38.2 Å². The molecule has 2 N–H and O–H groups in total. The number of hydrogen-bond donors (Lipinski definition) is 2. The number of nitrogens with one attached hydrogen (secondary N) is 1. The van der Waals surface area contributed by atoms with Crippen LogP contribution >= 0.6 is 0 Å². The lowest BCUT2D eigenvalue weighted by Gasteiger charge is -2.39. The number of morpholine rings is 1. The molecule has 2 heterocycles. The number of carbonyl (C=O) groups is 1. The lowest BCUT2D eigenvalue weighted by molar-refractivity contribution is -0.253. The van der Waals surface area contributed by atoms with E-state index in [0.29, 0.717) is 37.3 Å². The third-order valence-electron chi connectivity index (χ3n) is 7.32. The fourth-order valence-corrected chi connectivity index (χ4v) is 4.97. The Morgan fingerprint density at radius 1 is 0.810 bits per heavy atom. The second-order valence-corrected chi connectivity index (χ2v) is 10.1. The highest BCUT2D eigenvalue weighted by atomic mass is 19.2. The third kappa shape index (κ3) is 6.63. The number of halogens is 5. The number of aliphatic hydroxyl groups excluding tert-OH is 1. The van der Waals surface area contributed by atoms with E-state index >= 15 is 0 Å². The van der Waals surface area contributed by atoms with Crippen molar-refractivity contribution < 1.29 is 46.1 Å². The zero-order chi connectivity index (χ0) is 29.8. The standard InChI is InChI=1S/C30H29F5N2O5/c31-24-23(25(32)27(34)28(35)26(24)33)29(39)36-14-17-1-7-20(8-2-17)30-41-21(15-37-9-11-40-12-10-37)13-22(42-30)19-5-3-18(16-38)4-6-19/h1-8,21-22,30,38H,9-16H2,(H,36,39)/t21-,22+,30+/m0/s1. The molecule has 12 heteroatoms. The van der Waals surface area contributed by atoms with Gasteiger partial charge in [-0.15, -0.1) is 0 Å². The summed E-state index contributed by atoms with van der Waals surface area (Å²) in [6.45, 7) is 3.30. The minimum Gasteiger partial charge on any atom is -0.392 e. The first kappa shape index (κ1) is 30.1. The Labute approximate surface area is 238 Å². The first-order valence-corrected chi connectivity index (χ1v) is 13.4. The van der Waals surface area contributed by atoms with Crippen molar-refractivity contribution in [2.45, 2.75) is 38.1 Å². The van der Waals surface area contributed by atoms with Crippen molar-refractivity contribution in [1.82, 2.24) is 10.2 Å². The number of ether oxygens (including phenoxy) is 3. The monoisotopic (exact) mass is 592 g/mol. The summed E-state index contributed by atoms with van der Waals surface area (Å²) in [7, 11) is 0. The van der Waals surface area contributed by atoms with E-state index in [0.717, 1.165) is 24.2 Å². The SMILES string of the molecule is O=C(NCc1ccc([C@@H]2O[C@H](CN3CCOCC3)C[C@H](c3ccc(CO)cc3)O2)cc1)c1c(F)c(F)c(F)c(F)c1F. The molecule has 0 unspecified atom stereocenters. The molecule has 0 aromatic heterocycles. The van der Waals surface area contributed by atoms with Gasteiger partial charge in [-0.3, -0.25) is 9.69 Å². The summed E-state index contributed by atoms with van der Waals surface area (Å²) in [6.07, 6.45) is -0.523. The molecule has 0 radical (unpaired) electrons. The summed E-state index contributed by atoms with van der Waals surface area (Å²) in [5.74, 6) is -12.5. The highest BCUT2D eigenvalue weighted by Crippen LogP contribution is 2.38. The Kier molecular flexibility index (Phi) is 9.49. The van der Waals surface area contributed by atoms with Gasteiger partial charge < -0.3 is 24.6 Å². The second-order valence-electron chi connectivity index (χ2n) is 10.1. The Morgan fingerprint density at radius 3 is 2.00 bits per heavy atom. The van der Waals surface area contributed by atoms with Gasteiger partial charge in [-0.2, -0.15) is 0 Å². The average molecular weight is 593 g/mol. The van der Waals surface area contributed by atoms with Gasteiger partial charge in [0.2, 0.25) is 5.82 Å². The predicted octanol–water partition coefficient (Wildman–Crippen LogP) is 4.68. The lowest BCUT2D eigenvalue weighted by atomic mass is 9.99. The fourth-order valence-electron chi connectivity index (χ4n) is 4.97. The zero-order valence-corrected chi connectivity index (χ0v) is 22.4. The number of carbonyl (C=O) groups excluding carboxylic acids is 1. The Bertz CT molecular complexity index is 1370. The van der Waals surface area contributed by atoms with E-state index < -0.39 is 46.8 Å². The molecule has 5 rings (SSSR count). The molecule has 3 aromatic rings. The van der Waals surface area contributed by atoms with Crippen LogP contribution in [0.4, 0.5) is 22.0 Å². The number of amides is 1. The molecule has 1 amide bonds. The maximum absolute atomic E-state index is 14.0.